The van der Waals surface area contributed by atoms with E-state index < -0.39 is 10.0 Å². The smallest absolute Gasteiger partial charge is 0.207 e. The van der Waals surface area contributed by atoms with Crippen LogP contribution in [0.25, 0.3) is 0 Å². The van der Waals surface area contributed by atoms with Gasteiger partial charge in [0.1, 0.15) is 0 Å². The van der Waals surface area contributed by atoms with E-state index in [9.17, 15) is 8.42 Å². The first-order chi connectivity index (χ1) is 10.1. The minimum Gasteiger partial charge on any atom is -0.207 e. The summed E-state index contributed by atoms with van der Waals surface area (Å²) >= 11 is 0. The Morgan fingerprint density at radius 2 is 1.68 bits per heavy atom. The van der Waals surface area contributed by atoms with Crippen molar-refractivity contribution in [1.82, 2.24) is 4.31 Å². The SMILES string of the molecule is Cc1ccc(S(=O)(=O)N(C)C2CCCCC2)c(C(C)(C)C)c1. The van der Waals surface area contributed by atoms with Gasteiger partial charge in [0.05, 0.1) is 4.90 Å². The summed E-state index contributed by atoms with van der Waals surface area (Å²) in [5.74, 6) is 0. The van der Waals surface area contributed by atoms with Gasteiger partial charge in [0.2, 0.25) is 10.0 Å². The average Bonchev–Trinajstić information content (AvgIpc) is 2.46. The number of rotatable bonds is 3. The van der Waals surface area contributed by atoms with Gasteiger partial charge in [-0.1, -0.05) is 57.7 Å². The molecule has 0 aromatic heterocycles. The molecule has 0 N–H and O–H groups in total. The lowest BCUT2D eigenvalue weighted by Crippen LogP contribution is -2.39. The molecule has 1 saturated carbocycles. The first-order valence-corrected chi connectivity index (χ1v) is 9.67. The molecule has 1 aromatic carbocycles. The van der Waals surface area contributed by atoms with Crippen molar-refractivity contribution in [1.29, 1.82) is 0 Å². The van der Waals surface area contributed by atoms with Gasteiger partial charge in [0, 0.05) is 13.1 Å². The van der Waals surface area contributed by atoms with Crippen molar-refractivity contribution in [3.05, 3.63) is 29.3 Å². The molecule has 0 atom stereocenters. The van der Waals surface area contributed by atoms with Gasteiger partial charge in [-0.15, -0.1) is 0 Å². The Bertz CT molecular complexity index is 623. The van der Waals surface area contributed by atoms with Gasteiger partial charge in [-0.3, -0.25) is 0 Å². The maximum absolute atomic E-state index is 13.1. The molecule has 1 fully saturated rings. The highest BCUT2D eigenvalue weighted by atomic mass is 32.2. The Balaban J connectivity index is 2.45. The van der Waals surface area contributed by atoms with Crippen LogP contribution >= 0.6 is 0 Å². The molecule has 0 radical (unpaired) electrons. The van der Waals surface area contributed by atoms with Gasteiger partial charge in [-0.2, -0.15) is 4.31 Å². The van der Waals surface area contributed by atoms with Crippen molar-refractivity contribution in [2.45, 2.75) is 76.2 Å². The van der Waals surface area contributed by atoms with E-state index in [0.29, 0.717) is 4.90 Å². The van der Waals surface area contributed by atoms with E-state index >= 15 is 0 Å². The zero-order valence-corrected chi connectivity index (χ0v) is 15.3. The predicted molar refractivity (Wildman–Crippen MR) is 91.7 cm³/mol. The van der Waals surface area contributed by atoms with E-state index in [-0.39, 0.29) is 11.5 Å². The lowest BCUT2D eigenvalue weighted by molar-refractivity contribution is 0.285. The van der Waals surface area contributed by atoms with Gasteiger partial charge in [0.15, 0.2) is 0 Å². The third-order valence-electron chi connectivity index (χ3n) is 4.69. The molecule has 22 heavy (non-hydrogen) atoms. The third-order valence-corrected chi connectivity index (χ3v) is 6.66. The number of sulfonamides is 1. The minimum atomic E-state index is -3.44. The average molecular weight is 324 g/mol. The topological polar surface area (TPSA) is 37.4 Å². The largest absolute Gasteiger partial charge is 0.243 e. The van der Waals surface area contributed by atoms with Gasteiger partial charge >= 0.3 is 0 Å². The Morgan fingerprint density at radius 1 is 1.09 bits per heavy atom. The van der Waals surface area contributed by atoms with Crippen molar-refractivity contribution >= 4 is 10.0 Å². The van der Waals surface area contributed by atoms with E-state index in [2.05, 4.69) is 20.8 Å². The maximum Gasteiger partial charge on any atom is 0.243 e. The Hall–Kier alpha value is -0.870. The summed E-state index contributed by atoms with van der Waals surface area (Å²) < 4.78 is 27.9. The van der Waals surface area contributed by atoms with Gasteiger partial charge in [0.25, 0.3) is 0 Å². The van der Waals surface area contributed by atoms with Crippen molar-refractivity contribution in [3.63, 3.8) is 0 Å². The zero-order chi connectivity index (χ0) is 16.5. The van der Waals surface area contributed by atoms with E-state index in [1.54, 1.807) is 17.4 Å². The van der Waals surface area contributed by atoms with Gasteiger partial charge < -0.3 is 0 Å². The molecule has 3 nitrogen and oxygen atoms in total. The van der Waals surface area contributed by atoms with Crippen LogP contribution in [-0.2, 0) is 15.4 Å². The fourth-order valence-electron chi connectivity index (χ4n) is 3.25. The number of hydrogen-bond acceptors (Lipinski definition) is 2. The van der Waals surface area contributed by atoms with E-state index in [1.807, 2.05) is 19.1 Å². The van der Waals surface area contributed by atoms with Crippen LogP contribution in [0.2, 0.25) is 0 Å². The molecule has 1 aromatic rings. The molecule has 0 saturated heterocycles. The molecular formula is C18H29NO2S. The molecule has 2 rings (SSSR count). The van der Waals surface area contributed by atoms with Crippen LogP contribution in [0, 0.1) is 6.92 Å². The predicted octanol–water partition coefficient (Wildman–Crippen LogP) is 4.25. The number of hydrogen-bond donors (Lipinski definition) is 0. The van der Waals surface area contributed by atoms with Crippen molar-refractivity contribution in [2.75, 3.05) is 7.05 Å². The zero-order valence-electron chi connectivity index (χ0n) is 14.5. The second-order valence-corrected chi connectivity index (χ2v) is 9.53. The quantitative estimate of drug-likeness (QED) is 0.834. The summed E-state index contributed by atoms with van der Waals surface area (Å²) in [5, 5.41) is 0. The lowest BCUT2D eigenvalue weighted by atomic mass is 9.86. The fraction of sp³-hybridized carbons (Fsp3) is 0.667. The summed E-state index contributed by atoms with van der Waals surface area (Å²) in [6.07, 6.45) is 5.44. The lowest BCUT2D eigenvalue weighted by Gasteiger charge is -2.32. The van der Waals surface area contributed by atoms with E-state index in [4.69, 9.17) is 0 Å². The summed E-state index contributed by atoms with van der Waals surface area (Å²) in [6, 6.07) is 5.84. The fourth-order valence-corrected chi connectivity index (χ4v) is 5.05. The molecule has 0 spiro atoms. The van der Waals surface area contributed by atoms with Crippen LogP contribution < -0.4 is 0 Å². The highest BCUT2D eigenvalue weighted by Crippen LogP contribution is 2.33. The molecule has 1 aliphatic rings. The molecule has 1 aliphatic carbocycles. The standard InChI is InChI=1S/C18H29NO2S/c1-14-11-12-17(16(13-14)18(2,3)4)22(20,21)19(5)15-9-7-6-8-10-15/h11-13,15H,6-10H2,1-5H3. The van der Waals surface area contributed by atoms with Crippen molar-refractivity contribution < 1.29 is 8.42 Å². The normalized spacial score (nSPS) is 17.9. The van der Waals surface area contributed by atoms with Crippen LogP contribution in [0.15, 0.2) is 23.1 Å². The van der Waals surface area contributed by atoms with Crippen LogP contribution in [0.4, 0.5) is 0 Å². The monoisotopic (exact) mass is 323 g/mol. The summed E-state index contributed by atoms with van der Waals surface area (Å²) in [7, 11) is -1.69. The van der Waals surface area contributed by atoms with Crippen LogP contribution in [0.5, 0.6) is 0 Å². The molecule has 0 bridgehead atoms. The first kappa shape index (κ1) is 17.5. The second-order valence-electron chi connectivity index (χ2n) is 7.56. The molecule has 0 unspecified atom stereocenters. The number of nitrogens with zero attached hydrogens (tertiary/aromatic N) is 1. The molecule has 0 aliphatic heterocycles. The minimum absolute atomic E-state index is 0.146. The molecule has 4 heteroatoms. The van der Waals surface area contributed by atoms with E-state index in [1.165, 1.54) is 6.42 Å². The van der Waals surface area contributed by atoms with Crippen molar-refractivity contribution in [3.8, 4) is 0 Å². The first-order valence-electron chi connectivity index (χ1n) is 8.23. The molecule has 0 amide bonds. The summed E-state index contributed by atoms with van der Waals surface area (Å²) in [4.78, 5) is 0.471. The van der Waals surface area contributed by atoms with Crippen molar-refractivity contribution in [2.24, 2.45) is 0 Å². The van der Waals surface area contributed by atoms with Crippen LogP contribution in [0.3, 0.4) is 0 Å². The third kappa shape index (κ3) is 3.54. The highest BCUT2D eigenvalue weighted by molar-refractivity contribution is 7.89. The summed E-state index contributed by atoms with van der Waals surface area (Å²) in [5.41, 5.74) is 1.82. The number of benzene rings is 1. The Labute approximate surface area is 135 Å². The second kappa shape index (κ2) is 6.32. The Morgan fingerprint density at radius 3 is 2.23 bits per heavy atom. The Kier molecular flexibility index (Phi) is 5.03. The highest BCUT2D eigenvalue weighted by Gasteiger charge is 2.33. The molecular weight excluding hydrogens is 294 g/mol. The van der Waals surface area contributed by atoms with E-state index in [0.717, 1.165) is 36.8 Å². The van der Waals surface area contributed by atoms with Crippen LogP contribution in [0.1, 0.15) is 64.0 Å². The molecule has 0 heterocycles. The number of aryl methyl sites for hydroxylation is 1. The van der Waals surface area contributed by atoms with Crippen LogP contribution in [-0.4, -0.2) is 25.8 Å². The maximum atomic E-state index is 13.1. The van der Waals surface area contributed by atoms with Gasteiger partial charge in [-0.05, 0) is 36.8 Å². The van der Waals surface area contributed by atoms with Gasteiger partial charge in [-0.25, -0.2) is 8.42 Å². The molecule has 124 valence electrons. The summed E-state index contributed by atoms with van der Waals surface area (Å²) in [6.45, 7) is 8.22.